The molecule has 0 saturated carbocycles. The number of carboxylic acid groups (broad SMARTS) is 1. The molecule has 0 saturated heterocycles. The van der Waals surface area contributed by atoms with Gasteiger partial charge in [-0.1, -0.05) is 19.1 Å². The second-order valence-electron chi connectivity index (χ2n) is 4.10. The van der Waals surface area contributed by atoms with E-state index in [1.165, 1.54) is 12.1 Å². The fraction of sp³-hybridized carbons (Fsp3) is 0.462. The lowest BCUT2D eigenvalue weighted by Gasteiger charge is -2.27. The van der Waals surface area contributed by atoms with Crippen molar-refractivity contribution in [2.45, 2.75) is 26.3 Å². The number of rotatable bonds is 6. The zero-order chi connectivity index (χ0) is 12.8. The molecular weight excluding hydrogens is 257 g/mol. The molecule has 1 rings (SSSR count). The lowest BCUT2D eigenvalue weighted by atomic mass is 10.1. The van der Waals surface area contributed by atoms with E-state index in [0.29, 0.717) is 6.54 Å². The molecule has 0 aliphatic heterocycles. The summed E-state index contributed by atoms with van der Waals surface area (Å²) in [4.78, 5) is 12.6. The minimum atomic E-state index is -0.860. The fourth-order valence-electron chi connectivity index (χ4n) is 1.85. The number of aliphatic carboxylic acids is 1. The van der Waals surface area contributed by atoms with Crippen LogP contribution in [0.1, 0.15) is 31.9 Å². The van der Waals surface area contributed by atoms with Crippen LogP contribution in [0.25, 0.3) is 0 Å². The highest BCUT2D eigenvalue weighted by molar-refractivity contribution is 5.85. The fourth-order valence-corrected chi connectivity index (χ4v) is 1.85. The first kappa shape index (κ1) is 16.9. The Morgan fingerprint density at radius 3 is 2.67 bits per heavy atom. The van der Waals surface area contributed by atoms with Gasteiger partial charge in [-0.15, -0.1) is 12.4 Å². The zero-order valence-electron chi connectivity index (χ0n) is 10.6. The van der Waals surface area contributed by atoms with Gasteiger partial charge >= 0.3 is 5.97 Å². The third-order valence-electron chi connectivity index (χ3n) is 2.73. The van der Waals surface area contributed by atoms with E-state index in [2.05, 4.69) is 0 Å². The average Bonchev–Trinajstić information content (AvgIpc) is 2.27. The van der Waals surface area contributed by atoms with Crippen LogP contribution in [0, 0.1) is 5.82 Å². The maximum atomic E-state index is 13.1. The molecule has 102 valence electrons. The summed E-state index contributed by atoms with van der Waals surface area (Å²) in [5, 5.41) is 8.85. The smallest absolute Gasteiger partial charge is 0.317 e. The van der Waals surface area contributed by atoms with E-state index in [9.17, 15) is 9.18 Å². The average molecular weight is 276 g/mol. The van der Waals surface area contributed by atoms with Crippen LogP contribution in [0.4, 0.5) is 4.39 Å². The third-order valence-corrected chi connectivity index (χ3v) is 2.73. The number of carbonyl (C=O) groups is 1. The molecule has 0 amide bonds. The Labute approximate surface area is 113 Å². The molecule has 18 heavy (non-hydrogen) atoms. The van der Waals surface area contributed by atoms with Gasteiger partial charge in [0.15, 0.2) is 0 Å². The summed E-state index contributed by atoms with van der Waals surface area (Å²) in [5.74, 6) is -1.15. The molecule has 1 atom stereocenters. The van der Waals surface area contributed by atoms with Crippen LogP contribution < -0.4 is 0 Å². The SMILES string of the molecule is CCCN(CC(=O)O)C(C)c1cccc(F)c1.Cl. The lowest BCUT2D eigenvalue weighted by Crippen LogP contribution is -2.33. The molecule has 1 N–H and O–H groups in total. The second-order valence-corrected chi connectivity index (χ2v) is 4.10. The van der Waals surface area contributed by atoms with Gasteiger partial charge in [-0.25, -0.2) is 4.39 Å². The minimum Gasteiger partial charge on any atom is -0.480 e. The van der Waals surface area contributed by atoms with Crippen LogP contribution in [-0.4, -0.2) is 29.1 Å². The molecule has 1 unspecified atom stereocenters. The van der Waals surface area contributed by atoms with E-state index < -0.39 is 5.97 Å². The van der Waals surface area contributed by atoms with Gasteiger partial charge in [0.2, 0.25) is 0 Å². The van der Waals surface area contributed by atoms with E-state index in [1.807, 2.05) is 24.8 Å². The molecule has 0 bridgehead atoms. The van der Waals surface area contributed by atoms with Gasteiger partial charge in [0, 0.05) is 6.04 Å². The summed E-state index contributed by atoms with van der Waals surface area (Å²) in [5.41, 5.74) is 0.805. The van der Waals surface area contributed by atoms with Gasteiger partial charge in [-0.3, -0.25) is 9.69 Å². The van der Waals surface area contributed by atoms with Gasteiger partial charge in [0.05, 0.1) is 6.54 Å². The number of benzene rings is 1. The molecule has 0 aliphatic rings. The highest BCUT2D eigenvalue weighted by Crippen LogP contribution is 2.20. The maximum absolute atomic E-state index is 13.1. The molecule has 1 aromatic carbocycles. The molecule has 0 radical (unpaired) electrons. The third kappa shape index (κ3) is 5.02. The molecule has 5 heteroatoms. The maximum Gasteiger partial charge on any atom is 0.317 e. The van der Waals surface area contributed by atoms with E-state index in [0.717, 1.165) is 12.0 Å². The van der Waals surface area contributed by atoms with Gasteiger partial charge in [0.1, 0.15) is 5.82 Å². The first-order valence-corrected chi connectivity index (χ1v) is 5.76. The van der Waals surface area contributed by atoms with Crippen molar-refractivity contribution in [3.05, 3.63) is 35.6 Å². The van der Waals surface area contributed by atoms with Crippen LogP contribution in [0.3, 0.4) is 0 Å². The van der Waals surface area contributed by atoms with Crippen molar-refractivity contribution >= 4 is 18.4 Å². The highest BCUT2D eigenvalue weighted by Gasteiger charge is 2.17. The molecule has 0 spiro atoms. The summed E-state index contributed by atoms with van der Waals surface area (Å²) >= 11 is 0. The Kier molecular flexibility index (Phi) is 7.55. The zero-order valence-corrected chi connectivity index (χ0v) is 11.4. The topological polar surface area (TPSA) is 40.5 Å². The monoisotopic (exact) mass is 275 g/mol. The predicted octanol–water partition coefficient (Wildman–Crippen LogP) is 3.11. The van der Waals surface area contributed by atoms with Crippen molar-refractivity contribution in [3.63, 3.8) is 0 Å². The Hall–Kier alpha value is -1.13. The normalized spacial score (nSPS) is 12.0. The molecule has 0 heterocycles. The summed E-state index contributed by atoms with van der Waals surface area (Å²) in [7, 11) is 0. The number of hydrogen-bond donors (Lipinski definition) is 1. The first-order chi connectivity index (χ1) is 8.04. The Bertz CT molecular complexity index is 387. The van der Waals surface area contributed by atoms with Crippen LogP contribution >= 0.6 is 12.4 Å². The Morgan fingerprint density at radius 1 is 1.50 bits per heavy atom. The lowest BCUT2D eigenvalue weighted by molar-refractivity contribution is -0.138. The molecular formula is C13H19ClFNO2. The van der Waals surface area contributed by atoms with Crippen LogP contribution in [-0.2, 0) is 4.79 Å². The summed E-state index contributed by atoms with van der Waals surface area (Å²) in [6.45, 7) is 4.55. The summed E-state index contributed by atoms with van der Waals surface area (Å²) in [6, 6.07) is 6.21. The van der Waals surface area contributed by atoms with E-state index in [4.69, 9.17) is 5.11 Å². The van der Waals surface area contributed by atoms with Gasteiger partial charge in [0.25, 0.3) is 0 Å². The van der Waals surface area contributed by atoms with Crippen molar-refractivity contribution in [1.29, 1.82) is 0 Å². The van der Waals surface area contributed by atoms with Crippen molar-refractivity contribution in [2.24, 2.45) is 0 Å². The van der Waals surface area contributed by atoms with Crippen LogP contribution in [0.5, 0.6) is 0 Å². The number of halogens is 2. The van der Waals surface area contributed by atoms with E-state index >= 15 is 0 Å². The van der Waals surface area contributed by atoms with Crippen molar-refractivity contribution in [1.82, 2.24) is 4.90 Å². The number of nitrogens with zero attached hydrogens (tertiary/aromatic N) is 1. The Morgan fingerprint density at radius 2 is 2.17 bits per heavy atom. The molecule has 0 aliphatic carbocycles. The molecule has 0 fully saturated rings. The standard InChI is InChI=1S/C13H18FNO2.ClH/c1-3-7-15(9-13(16)17)10(2)11-5-4-6-12(14)8-11;/h4-6,8,10H,3,7,9H2,1-2H3,(H,16,17);1H. The van der Waals surface area contributed by atoms with Crippen LogP contribution in [0.2, 0.25) is 0 Å². The molecule has 3 nitrogen and oxygen atoms in total. The van der Waals surface area contributed by atoms with Crippen molar-refractivity contribution in [2.75, 3.05) is 13.1 Å². The number of hydrogen-bond acceptors (Lipinski definition) is 2. The predicted molar refractivity (Wildman–Crippen MR) is 71.6 cm³/mol. The Balaban J connectivity index is 0.00000289. The van der Waals surface area contributed by atoms with Crippen LogP contribution in [0.15, 0.2) is 24.3 Å². The van der Waals surface area contributed by atoms with E-state index in [-0.39, 0.29) is 30.8 Å². The van der Waals surface area contributed by atoms with Gasteiger partial charge in [-0.2, -0.15) is 0 Å². The quantitative estimate of drug-likeness (QED) is 0.867. The highest BCUT2D eigenvalue weighted by atomic mass is 35.5. The van der Waals surface area contributed by atoms with E-state index in [1.54, 1.807) is 6.07 Å². The molecule has 1 aromatic rings. The van der Waals surface area contributed by atoms with Crippen molar-refractivity contribution < 1.29 is 14.3 Å². The van der Waals surface area contributed by atoms with Gasteiger partial charge in [-0.05, 0) is 37.6 Å². The summed E-state index contributed by atoms with van der Waals surface area (Å²) < 4.78 is 13.1. The largest absolute Gasteiger partial charge is 0.480 e. The second kappa shape index (κ2) is 8.06. The molecule has 0 aromatic heterocycles. The summed E-state index contributed by atoms with van der Waals surface area (Å²) in [6.07, 6.45) is 0.868. The van der Waals surface area contributed by atoms with Gasteiger partial charge < -0.3 is 5.11 Å². The first-order valence-electron chi connectivity index (χ1n) is 5.76. The van der Waals surface area contributed by atoms with Crippen molar-refractivity contribution in [3.8, 4) is 0 Å². The minimum absolute atomic E-state index is 0. The number of carboxylic acids is 1.